The summed E-state index contributed by atoms with van der Waals surface area (Å²) in [6.07, 6.45) is 1.65. The predicted octanol–water partition coefficient (Wildman–Crippen LogP) is 3.32. The molecule has 0 radical (unpaired) electrons. The van der Waals surface area contributed by atoms with E-state index in [1.807, 2.05) is 0 Å². The standard InChI is InChI=1S/C19H18F3N3O2/c1-27-18-6-13-17(7-16(18)22)24-10-25-19(13)23-8-12(9-26)4-11-2-3-14(20)15(21)5-11/h2-3,5-7,10,12,26H,4,8-9H2,1H3,(H,23,24,25). The summed E-state index contributed by atoms with van der Waals surface area (Å²) in [7, 11) is 1.37. The van der Waals surface area contributed by atoms with Gasteiger partial charge in [-0.25, -0.2) is 23.1 Å². The largest absolute Gasteiger partial charge is 0.494 e. The molecule has 3 rings (SSSR count). The number of hydrogen-bond donors (Lipinski definition) is 2. The van der Waals surface area contributed by atoms with Gasteiger partial charge < -0.3 is 15.2 Å². The van der Waals surface area contributed by atoms with Crippen LogP contribution in [0.25, 0.3) is 10.9 Å². The van der Waals surface area contributed by atoms with E-state index >= 15 is 0 Å². The Hall–Kier alpha value is -2.87. The van der Waals surface area contributed by atoms with Gasteiger partial charge in [-0.2, -0.15) is 0 Å². The smallest absolute Gasteiger partial charge is 0.167 e. The van der Waals surface area contributed by atoms with Gasteiger partial charge in [-0.15, -0.1) is 0 Å². The van der Waals surface area contributed by atoms with Crippen molar-refractivity contribution in [3.05, 3.63) is 59.7 Å². The van der Waals surface area contributed by atoms with E-state index in [-0.39, 0.29) is 18.3 Å². The normalized spacial score (nSPS) is 12.2. The van der Waals surface area contributed by atoms with Gasteiger partial charge in [0.15, 0.2) is 23.2 Å². The molecule has 8 heteroatoms. The Labute approximate surface area is 153 Å². The average molecular weight is 377 g/mol. The summed E-state index contributed by atoms with van der Waals surface area (Å²) in [6, 6.07) is 6.41. The van der Waals surface area contributed by atoms with Gasteiger partial charge in [0, 0.05) is 30.5 Å². The summed E-state index contributed by atoms with van der Waals surface area (Å²) < 4.78 is 45.2. The molecule has 0 saturated carbocycles. The molecule has 0 amide bonds. The molecule has 0 aliphatic carbocycles. The number of rotatable bonds is 7. The zero-order chi connectivity index (χ0) is 19.4. The fraction of sp³-hybridized carbons (Fsp3) is 0.263. The minimum Gasteiger partial charge on any atom is -0.494 e. The number of anilines is 1. The van der Waals surface area contributed by atoms with E-state index in [4.69, 9.17) is 4.74 Å². The number of aliphatic hydroxyl groups excluding tert-OH is 1. The van der Waals surface area contributed by atoms with Crippen molar-refractivity contribution in [3.8, 4) is 5.75 Å². The second-order valence-electron chi connectivity index (χ2n) is 6.11. The van der Waals surface area contributed by atoms with Crippen LogP contribution in [0.15, 0.2) is 36.7 Å². The lowest BCUT2D eigenvalue weighted by molar-refractivity contribution is 0.232. The number of aliphatic hydroxyl groups is 1. The minimum absolute atomic E-state index is 0.0702. The number of benzene rings is 2. The number of fused-ring (bicyclic) bond motifs is 1. The lowest BCUT2D eigenvalue weighted by atomic mass is 10.00. The topological polar surface area (TPSA) is 67.3 Å². The first-order valence-electron chi connectivity index (χ1n) is 8.28. The molecular weight excluding hydrogens is 359 g/mol. The van der Waals surface area contributed by atoms with Gasteiger partial charge in [0.2, 0.25) is 0 Å². The van der Waals surface area contributed by atoms with Crippen LogP contribution < -0.4 is 10.1 Å². The highest BCUT2D eigenvalue weighted by molar-refractivity contribution is 5.90. The van der Waals surface area contributed by atoms with Crippen LogP contribution in [0.5, 0.6) is 5.75 Å². The molecule has 0 aliphatic rings. The Morgan fingerprint density at radius 2 is 1.89 bits per heavy atom. The highest BCUT2D eigenvalue weighted by Crippen LogP contribution is 2.27. The van der Waals surface area contributed by atoms with Crippen LogP contribution in [-0.4, -0.2) is 35.3 Å². The van der Waals surface area contributed by atoms with Crippen molar-refractivity contribution in [2.45, 2.75) is 6.42 Å². The minimum atomic E-state index is -0.923. The molecule has 1 atom stereocenters. The van der Waals surface area contributed by atoms with E-state index in [1.54, 1.807) is 0 Å². The number of ether oxygens (including phenoxy) is 1. The lowest BCUT2D eigenvalue weighted by Crippen LogP contribution is -2.21. The van der Waals surface area contributed by atoms with Crippen LogP contribution in [-0.2, 0) is 6.42 Å². The monoisotopic (exact) mass is 377 g/mol. The average Bonchev–Trinajstić information content (AvgIpc) is 2.67. The van der Waals surface area contributed by atoms with E-state index in [2.05, 4.69) is 15.3 Å². The Morgan fingerprint density at radius 1 is 1.07 bits per heavy atom. The van der Waals surface area contributed by atoms with Crippen molar-refractivity contribution in [1.29, 1.82) is 0 Å². The molecule has 0 bridgehead atoms. The zero-order valence-electron chi connectivity index (χ0n) is 14.5. The maximum atomic E-state index is 13.8. The first-order chi connectivity index (χ1) is 13.0. The van der Waals surface area contributed by atoms with Crippen molar-refractivity contribution in [2.24, 2.45) is 5.92 Å². The molecule has 1 aromatic heterocycles. The fourth-order valence-electron chi connectivity index (χ4n) is 2.80. The summed E-state index contributed by atoms with van der Waals surface area (Å²) in [5.74, 6) is -2.09. The third kappa shape index (κ3) is 4.28. The van der Waals surface area contributed by atoms with Crippen molar-refractivity contribution in [3.63, 3.8) is 0 Å². The van der Waals surface area contributed by atoms with E-state index < -0.39 is 17.5 Å². The molecule has 2 aromatic carbocycles. The Bertz CT molecular complexity index is 953. The van der Waals surface area contributed by atoms with E-state index in [9.17, 15) is 18.3 Å². The van der Waals surface area contributed by atoms with Crippen LogP contribution >= 0.6 is 0 Å². The van der Waals surface area contributed by atoms with Crippen LogP contribution in [0.1, 0.15) is 5.56 Å². The summed E-state index contributed by atoms with van der Waals surface area (Å²) in [4.78, 5) is 8.20. The van der Waals surface area contributed by atoms with Crippen molar-refractivity contribution in [2.75, 3.05) is 25.6 Å². The Balaban J connectivity index is 1.77. The van der Waals surface area contributed by atoms with Gasteiger partial charge in [0.05, 0.1) is 12.6 Å². The molecule has 1 heterocycles. The number of methoxy groups -OCH3 is 1. The third-order valence-corrected chi connectivity index (χ3v) is 4.23. The first-order valence-corrected chi connectivity index (χ1v) is 8.28. The highest BCUT2D eigenvalue weighted by Gasteiger charge is 2.14. The zero-order valence-corrected chi connectivity index (χ0v) is 14.5. The van der Waals surface area contributed by atoms with Crippen molar-refractivity contribution >= 4 is 16.7 Å². The SMILES string of the molecule is COc1cc2c(NCC(CO)Cc3ccc(F)c(F)c3)ncnc2cc1F. The van der Waals surface area contributed by atoms with Gasteiger partial charge in [0.25, 0.3) is 0 Å². The van der Waals surface area contributed by atoms with E-state index in [0.717, 1.165) is 12.1 Å². The van der Waals surface area contributed by atoms with Crippen molar-refractivity contribution < 1.29 is 23.0 Å². The number of aromatic nitrogens is 2. The van der Waals surface area contributed by atoms with Crippen molar-refractivity contribution in [1.82, 2.24) is 9.97 Å². The van der Waals surface area contributed by atoms with Crippen LogP contribution in [0.4, 0.5) is 19.0 Å². The lowest BCUT2D eigenvalue weighted by Gasteiger charge is -2.17. The molecule has 0 aliphatic heterocycles. The Kier molecular flexibility index (Phi) is 5.75. The molecule has 0 spiro atoms. The summed E-state index contributed by atoms with van der Waals surface area (Å²) >= 11 is 0. The predicted molar refractivity (Wildman–Crippen MR) is 95.2 cm³/mol. The van der Waals surface area contributed by atoms with E-state index in [1.165, 1.54) is 31.6 Å². The number of nitrogens with zero attached hydrogens (tertiary/aromatic N) is 2. The molecule has 27 heavy (non-hydrogen) atoms. The number of hydrogen-bond acceptors (Lipinski definition) is 5. The quantitative estimate of drug-likeness (QED) is 0.661. The van der Waals surface area contributed by atoms with Crippen LogP contribution in [0.3, 0.4) is 0 Å². The summed E-state index contributed by atoms with van der Waals surface area (Å²) in [5, 5.41) is 13.3. The molecule has 2 N–H and O–H groups in total. The second-order valence-corrected chi connectivity index (χ2v) is 6.11. The van der Waals surface area contributed by atoms with Gasteiger partial charge in [0.1, 0.15) is 12.1 Å². The molecule has 3 aromatic rings. The second kappa shape index (κ2) is 8.22. The first kappa shape index (κ1) is 18.9. The van der Waals surface area contributed by atoms with Gasteiger partial charge in [-0.1, -0.05) is 6.07 Å². The molecular formula is C19H18F3N3O2. The highest BCUT2D eigenvalue weighted by atomic mass is 19.2. The molecule has 1 unspecified atom stereocenters. The fourth-order valence-corrected chi connectivity index (χ4v) is 2.80. The van der Waals surface area contributed by atoms with E-state index in [0.29, 0.717) is 35.2 Å². The number of nitrogens with one attached hydrogen (secondary N) is 1. The maximum absolute atomic E-state index is 13.8. The molecule has 142 valence electrons. The van der Waals surface area contributed by atoms with Crippen LogP contribution in [0.2, 0.25) is 0 Å². The van der Waals surface area contributed by atoms with Crippen LogP contribution in [0, 0.1) is 23.4 Å². The molecule has 0 saturated heterocycles. The van der Waals surface area contributed by atoms with Gasteiger partial charge >= 0.3 is 0 Å². The molecule has 5 nitrogen and oxygen atoms in total. The van der Waals surface area contributed by atoms with Gasteiger partial charge in [-0.05, 0) is 30.2 Å². The third-order valence-electron chi connectivity index (χ3n) is 4.23. The van der Waals surface area contributed by atoms with Gasteiger partial charge in [-0.3, -0.25) is 0 Å². The molecule has 0 fully saturated rings. The maximum Gasteiger partial charge on any atom is 0.167 e. The summed E-state index contributed by atoms with van der Waals surface area (Å²) in [6.45, 7) is 0.161. The Morgan fingerprint density at radius 3 is 2.59 bits per heavy atom. The summed E-state index contributed by atoms with van der Waals surface area (Å²) in [5.41, 5.74) is 0.984. The number of halogens is 3.